The van der Waals surface area contributed by atoms with Gasteiger partial charge in [0, 0.05) is 29.1 Å². The first-order valence-electron chi connectivity index (χ1n) is 4.47. The molecular weight excluding hydrogens is 228 g/mol. The van der Waals surface area contributed by atoms with Gasteiger partial charge in [-0.2, -0.15) is 5.10 Å². The molecule has 2 nitrogen and oxygen atoms in total. The van der Waals surface area contributed by atoms with Crippen LogP contribution in [-0.4, -0.2) is 15.1 Å². The maximum absolute atomic E-state index is 4.42. The maximum atomic E-state index is 4.42. The summed E-state index contributed by atoms with van der Waals surface area (Å²) in [6.07, 6.45) is 0. The van der Waals surface area contributed by atoms with Crippen molar-refractivity contribution in [3.8, 4) is 0 Å². The molecule has 0 saturated carbocycles. The summed E-state index contributed by atoms with van der Waals surface area (Å²) >= 11 is 3.55. The van der Waals surface area contributed by atoms with Crippen molar-refractivity contribution < 1.29 is 0 Å². The molecule has 3 heteroatoms. The predicted molar refractivity (Wildman–Crippen MR) is 59.5 cm³/mol. The first-order chi connectivity index (χ1) is 5.90. The summed E-state index contributed by atoms with van der Waals surface area (Å²) in [5.74, 6) is 0. The van der Waals surface area contributed by atoms with E-state index in [9.17, 15) is 0 Å². The highest BCUT2D eigenvalue weighted by Crippen LogP contribution is 2.30. The molecule has 13 heavy (non-hydrogen) atoms. The molecule has 0 spiro atoms. The van der Waals surface area contributed by atoms with Crippen LogP contribution in [0, 0.1) is 13.8 Å². The largest absolute Gasteiger partial charge is 0.272 e. The molecule has 1 heterocycles. The fourth-order valence-electron chi connectivity index (χ4n) is 1.82. The molecular formula is C10H17BrN2. The number of hydrogen-bond donors (Lipinski definition) is 0. The van der Waals surface area contributed by atoms with Crippen LogP contribution in [0.15, 0.2) is 0 Å². The number of aromatic nitrogens is 2. The summed E-state index contributed by atoms with van der Waals surface area (Å²) in [6.45, 7) is 8.67. The highest BCUT2D eigenvalue weighted by molar-refractivity contribution is 9.09. The van der Waals surface area contributed by atoms with Gasteiger partial charge < -0.3 is 0 Å². The van der Waals surface area contributed by atoms with Gasteiger partial charge in [-0.25, -0.2) is 0 Å². The number of halogens is 1. The van der Waals surface area contributed by atoms with E-state index in [-0.39, 0.29) is 5.41 Å². The van der Waals surface area contributed by atoms with Gasteiger partial charge in [-0.15, -0.1) is 0 Å². The van der Waals surface area contributed by atoms with Gasteiger partial charge in [0.15, 0.2) is 0 Å². The molecule has 1 aromatic rings. The van der Waals surface area contributed by atoms with Gasteiger partial charge in [0.25, 0.3) is 0 Å². The van der Waals surface area contributed by atoms with Crippen molar-refractivity contribution in [3.05, 3.63) is 17.0 Å². The molecule has 1 rings (SSSR count). The van der Waals surface area contributed by atoms with E-state index >= 15 is 0 Å². The van der Waals surface area contributed by atoms with Crippen molar-refractivity contribution in [2.45, 2.75) is 33.1 Å². The molecule has 0 aromatic carbocycles. The van der Waals surface area contributed by atoms with E-state index in [1.54, 1.807) is 0 Å². The van der Waals surface area contributed by atoms with E-state index in [0.29, 0.717) is 0 Å². The summed E-state index contributed by atoms with van der Waals surface area (Å²) in [5, 5.41) is 5.39. The monoisotopic (exact) mass is 244 g/mol. The maximum Gasteiger partial charge on any atom is 0.0634 e. The normalized spacial score (nSPS) is 12.2. The van der Waals surface area contributed by atoms with Crippen LogP contribution in [0.4, 0.5) is 0 Å². The van der Waals surface area contributed by atoms with E-state index in [4.69, 9.17) is 0 Å². The van der Waals surface area contributed by atoms with Gasteiger partial charge in [-0.3, -0.25) is 4.68 Å². The molecule has 0 radical (unpaired) electrons. The van der Waals surface area contributed by atoms with Crippen molar-refractivity contribution in [1.29, 1.82) is 0 Å². The molecule has 74 valence electrons. The number of nitrogens with zero attached hydrogens (tertiary/aromatic N) is 2. The summed E-state index contributed by atoms with van der Waals surface area (Å²) in [7, 11) is 2.00. The van der Waals surface area contributed by atoms with Gasteiger partial charge in [0.05, 0.1) is 5.69 Å². The summed E-state index contributed by atoms with van der Waals surface area (Å²) in [4.78, 5) is 0. The average Bonchev–Trinajstić information content (AvgIpc) is 2.27. The minimum atomic E-state index is 0.169. The van der Waals surface area contributed by atoms with Crippen LogP contribution in [-0.2, 0) is 12.5 Å². The Bertz CT molecular complexity index is 313. The van der Waals surface area contributed by atoms with E-state index in [2.05, 4.69) is 48.7 Å². The molecule has 0 unspecified atom stereocenters. The molecule has 0 aliphatic heterocycles. The minimum Gasteiger partial charge on any atom is -0.272 e. The van der Waals surface area contributed by atoms with Crippen molar-refractivity contribution >= 4 is 15.9 Å². The third-order valence-corrected chi connectivity index (χ3v) is 3.92. The van der Waals surface area contributed by atoms with Crippen LogP contribution in [0.5, 0.6) is 0 Å². The molecule has 0 aliphatic carbocycles. The second-order valence-corrected chi connectivity index (χ2v) is 4.75. The zero-order valence-electron chi connectivity index (χ0n) is 8.98. The molecule has 1 aromatic heterocycles. The lowest BCUT2D eigenvalue weighted by atomic mass is 9.85. The number of alkyl halides is 1. The molecule has 0 saturated heterocycles. The van der Waals surface area contributed by atoms with Crippen molar-refractivity contribution in [1.82, 2.24) is 9.78 Å². The van der Waals surface area contributed by atoms with Gasteiger partial charge in [-0.05, 0) is 13.8 Å². The lowest BCUT2D eigenvalue weighted by molar-refractivity contribution is 0.596. The van der Waals surface area contributed by atoms with Crippen molar-refractivity contribution in [2.24, 2.45) is 7.05 Å². The highest BCUT2D eigenvalue weighted by Gasteiger charge is 2.26. The van der Waals surface area contributed by atoms with Crippen molar-refractivity contribution in [2.75, 3.05) is 5.33 Å². The Kier molecular flexibility index (Phi) is 2.85. The predicted octanol–water partition coefficient (Wildman–Crippen LogP) is 2.71. The Hall–Kier alpha value is -0.310. The average molecular weight is 245 g/mol. The van der Waals surface area contributed by atoms with E-state index < -0.39 is 0 Å². The fraction of sp³-hybridized carbons (Fsp3) is 0.700. The first-order valence-corrected chi connectivity index (χ1v) is 5.59. The van der Waals surface area contributed by atoms with Crippen LogP contribution < -0.4 is 0 Å². The second kappa shape index (κ2) is 3.45. The van der Waals surface area contributed by atoms with Gasteiger partial charge in [0.2, 0.25) is 0 Å². The van der Waals surface area contributed by atoms with E-state index in [1.165, 1.54) is 11.3 Å². The molecule has 0 aliphatic rings. The van der Waals surface area contributed by atoms with Crippen LogP contribution >= 0.6 is 15.9 Å². The molecule has 0 N–H and O–H groups in total. The summed E-state index contributed by atoms with van der Waals surface area (Å²) in [6, 6.07) is 0. The number of aryl methyl sites for hydroxylation is 2. The Morgan fingerprint density at radius 1 is 1.38 bits per heavy atom. The zero-order chi connectivity index (χ0) is 10.2. The first kappa shape index (κ1) is 10.8. The van der Waals surface area contributed by atoms with E-state index in [0.717, 1.165) is 11.0 Å². The molecule has 0 bridgehead atoms. The topological polar surface area (TPSA) is 17.8 Å². The second-order valence-electron chi connectivity index (χ2n) is 4.19. The van der Waals surface area contributed by atoms with Crippen LogP contribution in [0.25, 0.3) is 0 Å². The lowest BCUT2D eigenvalue weighted by Gasteiger charge is -2.22. The van der Waals surface area contributed by atoms with E-state index in [1.807, 2.05) is 11.7 Å². The number of rotatable bonds is 2. The quantitative estimate of drug-likeness (QED) is 0.732. The van der Waals surface area contributed by atoms with Crippen LogP contribution in [0.2, 0.25) is 0 Å². The Morgan fingerprint density at radius 2 is 1.92 bits per heavy atom. The Morgan fingerprint density at radius 3 is 2.23 bits per heavy atom. The number of hydrogen-bond acceptors (Lipinski definition) is 1. The Balaban J connectivity index is 3.28. The lowest BCUT2D eigenvalue weighted by Crippen LogP contribution is -2.20. The molecule has 0 fully saturated rings. The van der Waals surface area contributed by atoms with Gasteiger partial charge >= 0.3 is 0 Å². The van der Waals surface area contributed by atoms with Crippen LogP contribution in [0.1, 0.15) is 30.8 Å². The summed E-state index contributed by atoms with van der Waals surface area (Å²) < 4.78 is 1.95. The highest BCUT2D eigenvalue weighted by atomic mass is 79.9. The van der Waals surface area contributed by atoms with Crippen molar-refractivity contribution in [3.63, 3.8) is 0 Å². The Labute approximate surface area is 88.5 Å². The van der Waals surface area contributed by atoms with Crippen LogP contribution in [0.3, 0.4) is 0 Å². The molecule has 0 atom stereocenters. The van der Waals surface area contributed by atoms with Gasteiger partial charge in [-0.1, -0.05) is 29.8 Å². The SMILES string of the molecule is Cc1nn(C)c(C)c1C(C)(C)CBr. The standard InChI is InChI=1S/C10H17BrN2/c1-7-9(10(3,4)6-11)8(2)13(5)12-7/h6H2,1-5H3. The third kappa shape index (κ3) is 1.80. The summed E-state index contributed by atoms with van der Waals surface area (Å²) in [5.41, 5.74) is 3.95. The van der Waals surface area contributed by atoms with Gasteiger partial charge in [0.1, 0.15) is 0 Å². The zero-order valence-corrected chi connectivity index (χ0v) is 10.6. The fourth-order valence-corrected chi connectivity index (χ4v) is 2.10. The smallest absolute Gasteiger partial charge is 0.0634 e. The minimum absolute atomic E-state index is 0.169. The molecule has 0 amide bonds. The third-order valence-electron chi connectivity index (χ3n) is 2.52.